The number of carboxylic acid groups (broad SMARTS) is 1. The lowest BCUT2D eigenvalue weighted by Crippen LogP contribution is -2.59. The van der Waals surface area contributed by atoms with E-state index in [1.165, 1.54) is 0 Å². The molecule has 2 fully saturated rings. The van der Waals surface area contributed by atoms with E-state index < -0.39 is 5.97 Å². The molecule has 98 valence electrons. The first-order valence-corrected chi connectivity index (χ1v) is 6.44. The summed E-state index contributed by atoms with van der Waals surface area (Å²) in [6.07, 6.45) is 4.62. The molecule has 0 amide bonds. The lowest BCUT2D eigenvalue weighted by atomic mass is 9.90. The van der Waals surface area contributed by atoms with Gasteiger partial charge in [0, 0.05) is 32.8 Å². The Bertz CT molecular complexity index is 272. The molecule has 0 aromatic carbocycles. The van der Waals surface area contributed by atoms with Gasteiger partial charge in [0.2, 0.25) is 0 Å². The standard InChI is InChI=1S/C12H22N2O3/c1-17-10-4-2-3-9(7-10)14-6-5-13-8-11(14)12(15)16/h9-11,13H,2-8H2,1H3,(H,15,16). The molecule has 0 spiro atoms. The monoisotopic (exact) mass is 242 g/mol. The predicted octanol–water partition coefficient (Wildman–Crippen LogP) is 0.302. The fourth-order valence-electron chi connectivity index (χ4n) is 3.02. The summed E-state index contributed by atoms with van der Waals surface area (Å²) < 4.78 is 5.42. The molecular formula is C12H22N2O3. The Morgan fingerprint density at radius 3 is 3.00 bits per heavy atom. The van der Waals surface area contributed by atoms with Gasteiger partial charge in [-0.25, -0.2) is 0 Å². The minimum absolute atomic E-state index is 0.304. The maximum Gasteiger partial charge on any atom is 0.322 e. The Morgan fingerprint density at radius 2 is 2.29 bits per heavy atom. The molecule has 0 aromatic heterocycles. The number of nitrogens with one attached hydrogen (secondary N) is 1. The van der Waals surface area contributed by atoms with Crippen LogP contribution < -0.4 is 5.32 Å². The molecule has 0 radical (unpaired) electrons. The molecule has 2 N–H and O–H groups in total. The van der Waals surface area contributed by atoms with Crippen molar-refractivity contribution in [3.05, 3.63) is 0 Å². The average Bonchev–Trinajstić information content (AvgIpc) is 2.39. The zero-order chi connectivity index (χ0) is 12.3. The highest BCUT2D eigenvalue weighted by Crippen LogP contribution is 2.26. The fourth-order valence-corrected chi connectivity index (χ4v) is 3.02. The lowest BCUT2D eigenvalue weighted by molar-refractivity contribution is -0.146. The van der Waals surface area contributed by atoms with E-state index >= 15 is 0 Å². The maximum absolute atomic E-state index is 11.2. The molecule has 0 aromatic rings. The Balaban J connectivity index is 2.00. The Hall–Kier alpha value is -0.650. The van der Waals surface area contributed by atoms with Gasteiger partial charge in [-0.3, -0.25) is 9.69 Å². The van der Waals surface area contributed by atoms with Gasteiger partial charge < -0.3 is 15.2 Å². The molecular weight excluding hydrogens is 220 g/mol. The van der Waals surface area contributed by atoms with Gasteiger partial charge in [-0.1, -0.05) is 0 Å². The van der Waals surface area contributed by atoms with Gasteiger partial charge in [0.25, 0.3) is 0 Å². The minimum Gasteiger partial charge on any atom is -0.480 e. The van der Waals surface area contributed by atoms with E-state index in [1.807, 2.05) is 0 Å². The summed E-state index contributed by atoms with van der Waals surface area (Å²) in [4.78, 5) is 13.4. The van der Waals surface area contributed by atoms with E-state index in [4.69, 9.17) is 4.74 Å². The van der Waals surface area contributed by atoms with E-state index in [2.05, 4.69) is 10.2 Å². The maximum atomic E-state index is 11.2. The second-order valence-electron chi connectivity index (χ2n) is 4.97. The molecule has 2 rings (SSSR count). The predicted molar refractivity (Wildman–Crippen MR) is 64.1 cm³/mol. The van der Waals surface area contributed by atoms with E-state index in [9.17, 15) is 9.90 Å². The number of ether oxygens (including phenoxy) is 1. The zero-order valence-electron chi connectivity index (χ0n) is 10.4. The van der Waals surface area contributed by atoms with Crippen LogP contribution in [0.1, 0.15) is 25.7 Å². The average molecular weight is 242 g/mol. The molecule has 2 aliphatic rings. The van der Waals surface area contributed by atoms with Crippen molar-refractivity contribution in [3.63, 3.8) is 0 Å². The summed E-state index contributed by atoms with van der Waals surface area (Å²) >= 11 is 0. The summed E-state index contributed by atoms with van der Waals surface area (Å²) in [7, 11) is 1.75. The highest BCUT2D eigenvalue weighted by Gasteiger charge is 2.35. The van der Waals surface area contributed by atoms with Crippen molar-refractivity contribution in [3.8, 4) is 0 Å². The second kappa shape index (κ2) is 5.80. The summed E-state index contributed by atoms with van der Waals surface area (Å²) in [6.45, 7) is 2.28. The van der Waals surface area contributed by atoms with E-state index in [1.54, 1.807) is 7.11 Å². The van der Waals surface area contributed by atoms with Crippen LogP contribution in [0.4, 0.5) is 0 Å². The van der Waals surface area contributed by atoms with Crippen LogP contribution in [0.3, 0.4) is 0 Å². The quantitative estimate of drug-likeness (QED) is 0.745. The van der Waals surface area contributed by atoms with E-state index in [0.717, 1.165) is 38.8 Å². The summed E-state index contributed by atoms with van der Waals surface area (Å²) in [5, 5.41) is 12.4. The van der Waals surface area contributed by atoms with Gasteiger partial charge in [-0.05, 0) is 25.7 Å². The number of methoxy groups -OCH3 is 1. The van der Waals surface area contributed by atoms with Crippen LogP contribution >= 0.6 is 0 Å². The molecule has 3 atom stereocenters. The van der Waals surface area contributed by atoms with Crippen LogP contribution in [-0.4, -0.2) is 60.9 Å². The van der Waals surface area contributed by atoms with Crippen molar-refractivity contribution < 1.29 is 14.6 Å². The number of piperazine rings is 1. The molecule has 1 heterocycles. The van der Waals surface area contributed by atoms with Gasteiger partial charge in [-0.15, -0.1) is 0 Å². The zero-order valence-corrected chi connectivity index (χ0v) is 10.4. The number of hydrogen-bond donors (Lipinski definition) is 2. The Kier molecular flexibility index (Phi) is 4.36. The molecule has 5 heteroatoms. The molecule has 1 aliphatic carbocycles. The largest absolute Gasteiger partial charge is 0.480 e. The number of carbonyl (C=O) groups is 1. The molecule has 1 aliphatic heterocycles. The van der Waals surface area contributed by atoms with E-state index in [0.29, 0.717) is 18.7 Å². The number of aliphatic carboxylic acids is 1. The fraction of sp³-hybridized carbons (Fsp3) is 0.917. The normalized spacial score (nSPS) is 35.7. The van der Waals surface area contributed by atoms with Crippen molar-refractivity contribution in [1.29, 1.82) is 0 Å². The number of hydrogen-bond acceptors (Lipinski definition) is 4. The van der Waals surface area contributed by atoms with Crippen LogP contribution in [0.15, 0.2) is 0 Å². The van der Waals surface area contributed by atoms with Crippen LogP contribution in [0, 0.1) is 0 Å². The highest BCUT2D eigenvalue weighted by molar-refractivity contribution is 5.74. The first-order valence-electron chi connectivity index (χ1n) is 6.44. The molecule has 1 saturated heterocycles. The third-order valence-electron chi connectivity index (χ3n) is 3.97. The van der Waals surface area contributed by atoms with Gasteiger partial charge in [0.1, 0.15) is 6.04 Å². The number of nitrogens with zero attached hydrogens (tertiary/aromatic N) is 1. The van der Waals surface area contributed by atoms with Gasteiger partial charge in [-0.2, -0.15) is 0 Å². The highest BCUT2D eigenvalue weighted by atomic mass is 16.5. The van der Waals surface area contributed by atoms with Crippen LogP contribution in [0.5, 0.6) is 0 Å². The van der Waals surface area contributed by atoms with Crippen molar-refractivity contribution in [2.75, 3.05) is 26.7 Å². The van der Waals surface area contributed by atoms with Gasteiger partial charge in [0.05, 0.1) is 6.10 Å². The molecule has 1 saturated carbocycles. The first-order chi connectivity index (χ1) is 8.22. The van der Waals surface area contributed by atoms with Gasteiger partial charge >= 0.3 is 5.97 Å². The SMILES string of the molecule is COC1CCCC(N2CCNCC2C(=O)O)C1. The van der Waals surface area contributed by atoms with Crippen molar-refractivity contribution in [2.24, 2.45) is 0 Å². The smallest absolute Gasteiger partial charge is 0.322 e. The summed E-state index contributed by atoms with van der Waals surface area (Å²) in [5.74, 6) is -0.711. The summed E-state index contributed by atoms with van der Waals surface area (Å²) in [5.41, 5.74) is 0. The number of carboxylic acids is 1. The van der Waals surface area contributed by atoms with E-state index in [-0.39, 0.29) is 6.04 Å². The Morgan fingerprint density at radius 1 is 1.47 bits per heavy atom. The molecule has 3 unspecified atom stereocenters. The first kappa shape index (κ1) is 12.8. The topological polar surface area (TPSA) is 61.8 Å². The summed E-state index contributed by atoms with van der Waals surface area (Å²) in [6, 6.07) is 0.00116. The third kappa shape index (κ3) is 2.97. The van der Waals surface area contributed by atoms with Crippen LogP contribution in [-0.2, 0) is 9.53 Å². The van der Waals surface area contributed by atoms with Crippen LogP contribution in [0.2, 0.25) is 0 Å². The third-order valence-corrected chi connectivity index (χ3v) is 3.97. The second-order valence-corrected chi connectivity index (χ2v) is 4.97. The van der Waals surface area contributed by atoms with Gasteiger partial charge in [0.15, 0.2) is 0 Å². The van der Waals surface area contributed by atoms with Crippen molar-refractivity contribution in [1.82, 2.24) is 10.2 Å². The molecule has 17 heavy (non-hydrogen) atoms. The Labute approximate surface area is 102 Å². The van der Waals surface area contributed by atoms with Crippen LogP contribution in [0.25, 0.3) is 0 Å². The molecule has 0 bridgehead atoms. The molecule has 5 nitrogen and oxygen atoms in total. The van der Waals surface area contributed by atoms with Crippen molar-refractivity contribution >= 4 is 5.97 Å². The lowest BCUT2D eigenvalue weighted by Gasteiger charge is -2.42. The minimum atomic E-state index is -0.711. The van der Waals surface area contributed by atoms with Crippen molar-refractivity contribution in [2.45, 2.75) is 43.9 Å². The number of rotatable bonds is 3.